The third kappa shape index (κ3) is 4.95. The van der Waals surface area contributed by atoms with E-state index in [0.29, 0.717) is 28.9 Å². The Morgan fingerprint density at radius 2 is 2.00 bits per heavy atom. The van der Waals surface area contributed by atoms with Gasteiger partial charge in [-0.3, -0.25) is 4.79 Å². The van der Waals surface area contributed by atoms with Gasteiger partial charge < -0.3 is 5.32 Å². The molecular weight excluding hydrogens is 363 g/mol. The van der Waals surface area contributed by atoms with E-state index < -0.39 is 0 Å². The third-order valence-electron chi connectivity index (χ3n) is 3.83. The number of hydrogen-bond acceptors (Lipinski definition) is 3. The number of rotatable bonds is 6. The van der Waals surface area contributed by atoms with Gasteiger partial charge in [0.2, 0.25) is 5.91 Å². The van der Waals surface area contributed by atoms with Crippen molar-refractivity contribution in [3.05, 3.63) is 49.9 Å². The molecule has 0 unspecified atom stereocenters. The minimum atomic E-state index is -0.241. The van der Waals surface area contributed by atoms with Gasteiger partial charge in [0.05, 0.1) is 27.2 Å². The average Bonchev–Trinajstić information content (AvgIpc) is 2.97. The fourth-order valence-corrected chi connectivity index (χ4v) is 3.37. The van der Waals surface area contributed by atoms with Crippen molar-refractivity contribution in [3.8, 4) is 0 Å². The zero-order valence-electron chi connectivity index (χ0n) is 14.3. The second kappa shape index (κ2) is 7.85. The van der Waals surface area contributed by atoms with Crippen molar-refractivity contribution in [2.45, 2.75) is 45.4 Å². The smallest absolute Gasteiger partial charge is 0.226 e. The number of nitrogens with zero attached hydrogens (tertiary/aromatic N) is 1. The Bertz CT molecular complexity index is 726. The minimum absolute atomic E-state index is 0.0243. The van der Waals surface area contributed by atoms with E-state index >= 15 is 0 Å². The molecule has 1 aromatic heterocycles. The molecule has 0 atom stereocenters. The first kappa shape index (κ1) is 19.2. The molecule has 24 heavy (non-hydrogen) atoms. The summed E-state index contributed by atoms with van der Waals surface area (Å²) in [5.41, 5.74) is 1.62. The lowest BCUT2D eigenvalue weighted by Crippen LogP contribution is -2.37. The Morgan fingerprint density at radius 1 is 1.29 bits per heavy atom. The zero-order chi connectivity index (χ0) is 17.9. The molecule has 0 aliphatic heterocycles. The number of nitrogens with one attached hydrogen (secondary N) is 1. The summed E-state index contributed by atoms with van der Waals surface area (Å²) in [6.07, 6.45) is 0.306. The summed E-state index contributed by atoms with van der Waals surface area (Å²) >= 11 is 13.7. The number of amides is 1. The quantitative estimate of drug-likeness (QED) is 0.742. The molecule has 1 aromatic carbocycles. The summed E-state index contributed by atoms with van der Waals surface area (Å²) in [6.45, 7) is 8.84. The van der Waals surface area contributed by atoms with Crippen LogP contribution >= 0.6 is 34.5 Å². The van der Waals surface area contributed by atoms with Gasteiger partial charge in [0.15, 0.2) is 0 Å². The Morgan fingerprint density at radius 3 is 2.58 bits per heavy atom. The highest BCUT2D eigenvalue weighted by Crippen LogP contribution is 2.29. The van der Waals surface area contributed by atoms with Crippen LogP contribution in [-0.4, -0.2) is 17.4 Å². The maximum absolute atomic E-state index is 12.2. The Balaban J connectivity index is 1.95. The van der Waals surface area contributed by atoms with Crippen LogP contribution in [0.3, 0.4) is 0 Å². The summed E-state index contributed by atoms with van der Waals surface area (Å²) in [5, 5.41) is 7.07. The SMILES string of the molecule is CC(C)c1nc(CC(=O)NCC(C)(C)c2ccc(Cl)c(Cl)c2)cs1. The zero-order valence-corrected chi connectivity index (χ0v) is 16.6. The summed E-state index contributed by atoms with van der Waals surface area (Å²) in [6, 6.07) is 5.58. The van der Waals surface area contributed by atoms with E-state index in [1.807, 2.05) is 17.5 Å². The predicted molar refractivity (Wildman–Crippen MR) is 102 cm³/mol. The van der Waals surface area contributed by atoms with E-state index in [4.69, 9.17) is 23.2 Å². The van der Waals surface area contributed by atoms with Crippen molar-refractivity contribution in [3.63, 3.8) is 0 Å². The summed E-state index contributed by atoms with van der Waals surface area (Å²) < 4.78 is 0. The van der Waals surface area contributed by atoms with Gasteiger partial charge in [-0.2, -0.15) is 0 Å². The van der Waals surface area contributed by atoms with Gasteiger partial charge >= 0.3 is 0 Å². The van der Waals surface area contributed by atoms with E-state index in [2.05, 4.69) is 38.0 Å². The van der Waals surface area contributed by atoms with Gasteiger partial charge in [-0.1, -0.05) is 57.0 Å². The maximum atomic E-state index is 12.2. The highest BCUT2D eigenvalue weighted by molar-refractivity contribution is 7.09. The van der Waals surface area contributed by atoms with Crippen molar-refractivity contribution in [2.24, 2.45) is 0 Å². The molecular formula is C18H22Cl2N2OS. The average molecular weight is 385 g/mol. The van der Waals surface area contributed by atoms with Crippen LogP contribution in [0.2, 0.25) is 10.0 Å². The maximum Gasteiger partial charge on any atom is 0.226 e. The van der Waals surface area contributed by atoms with Crippen LogP contribution in [0.5, 0.6) is 0 Å². The first-order valence-electron chi connectivity index (χ1n) is 7.85. The number of aromatic nitrogens is 1. The van der Waals surface area contributed by atoms with Crippen LogP contribution in [0, 0.1) is 0 Å². The van der Waals surface area contributed by atoms with E-state index in [0.717, 1.165) is 16.3 Å². The largest absolute Gasteiger partial charge is 0.355 e. The fourth-order valence-electron chi connectivity index (χ4n) is 2.23. The van der Waals surface area contributed by atoms with E-state index in [9.17, 15) is 4.79 Å². The second-order valence-corrected chi connectivity index (χ2v) is 8.50. The highest BCUT2D eigenvalue weighted by Gasteiger charge is 2.22. The summed E-state index contributed by atoms with van der Waals surface area (Å²) in [4.78, 5) is 16.7. The van der Waals surface area contributed by atoms with Crippen LogP contribution in [0.1, 0.15) is 49.9 Å². The molecule has 0 bridgehead atoms. The monoisotopic (exact) mass is 384 g/mol. The fraction of sp³-hybridized carbons (Fsp3) is 0.444. The van der Waals surface area contributed by atoms with Crippen LogP contribution in [0.25, 0.3) is 0 Å². The van der Waals surface area contributed by atoms with Crippen molar-refractivity contribution < 1.29 is 4.79 Å². The number of carbonyl (C=O) groups is 1. The van der Waals surface area contributed by atoms with Crippen LogP contribution < -0.4 is 5.32 Å². The Labute approximate surface area is 157 Å². The van der Waals surface area contributed by atoms with Gasteiger partial charge in [-0.25, -0.2) is 4.98 Å². The molecule has 130 valence electrons. The van der Waals surface area contributed by atoms with Gasteiger partial charge in [0.25, 0.3) is 0 Å². The molecule has 0 fully saturated rings. The molecule has 0 radical (unpaired) electrons. The topological polar surface area (TPSA) is 42.0 Å². The predicted octanol–water partition coefficient (Wildman–Crippen LogP) is 5.21. The molecule has 1 N–H and O–H groups in total. The standard InChI is InChI=1S/C18H22Cl2N2OS/c1-11(2)17-22-13(9-24-17)8-16(23)21-10-18(3,4)12-5-6-14(19)15(20)7-12/h5-7,9,11H,8,10H2,1-4H3,(H,21,23). The van der Waals surface area contributed by atoms with E-state index in [1.54, 1.807) is 17.4 Å². The molecule has 0 saturated carbocycles. The van der Waals surface area contributed by atoms with E-state index in [-0.39, 0.29) is 11.3 Å². The number of benzene rings is 1. The van der Waals surface area contributed by atoms with Crippen molar-refractivity contribution in [1.29, 1.82) is 0 Å². The first-order valence-corrected chi connectivity index (χ1v) is 9.49. The Hall–Kier alpha value is -1.10. The van der Waals surface area contributed by atoms with Crippen LogP contribution in [0.4, 0.5) is 0 Å². The molecule has 2 aromatic rings. The molecule has 0 aliphatic rings. The van der Waals surface area contributed by atoms with Gasteiger partial charge in [-0.15, -0.1) is 11.3 Å². The number of thiazole rings is 1. The highest BCUT2D eigenvalue weighted by atomic mass is 35.5. The van der Waals surface area contributed by atoms with Crippen LogP contribution in [-0.2, 0) is 16.6 Å². The van der Waals surface area contributed by atoms with Crippen molar-refractivity contribution in [1.82, 2.24) is 10.3 Å². The number of carbonyl (C=O) groups excluding carboxylic acids is 1. The summed E-state index contributed by atoms with van der Waals surface area (Å²) in [7, 11) is 0. The second-order valence-electron chi connectivity index (χ2n) is 6.80. The van der Waals surface area contributed by atoms with Crippen LogP contribution in [0.15, 0.2) is 23.6 Å². The molecule has 2 rings (SSSR count). The van der Waals surface area contributed by atoms with Crippen molar-refractivity contribution >= 4 is 40.4 Å². The number of halogens is 2. The normalized spacial score (nSPS) is 11.8. The molecule has 1 amide bonds. The first-order chi connectivity index (χ1) is 11.2. The number of hydrogen-bond donors (Lipinski definition) is 1. The Kier molecular flexibility index (Phi) is 6.29. The molecule has 6 heteroatoms. The molecule has 0 spiro atoms. The lowest BCUT2D eigenvalue weighted by Gasteiger charge is -2.26. The van der Waals surface area contributed by atoms with Gasteiger partial charge in [0.1, 0.15) is 0 Å². The van der Waals surface area contributed by atoms with Gasteiger partial charge in [0, 0.05) is 23.3 Å². The summed E-state index contributed by atoms with van der Waals surface area (Å²) in [5.74, 6) is 0.365. The lowest BCUT2D eigenvalue weighted by atomic mass is 9.84. The minimum Gasteiger partial charge on any atom is -0.355 e. The molecule has 0 saturated heterocycles. The lowest BCUT2D eigenvalue weighted by molar-refractivity contribution is -0.120. The molecule has 1 heterocycles. The van der Waals surface area contributed by atoms with E-state index in [1.165, 1.54) is 0 Å². The van der Waals surface area contributed by atoms with Crippen molar-refractivity contribution in [2.75, 3.05) is 6.54 Å². The molecule has 3 nitrogen and oxygen atoms in total. The van der Waals surface area contributed by atoms with Gasteiger partial charge in [-0.05, 0) is 17.7 Å². The molecule has 0 aliphatic carbocycles. The third-order valence-corrected chi connectivity index (χ3v) is 5.77.